The van der Waals surface area contributed by atoms with Gasteiger partial charge in [-0.1, -0.05) is 6.92 Å². The maximum Gasteiger partial charge on any atom is 0.240 e. The Bertz CT molecular complexity index is 572. The van der Waals surface area contributed by atoms with E-state index in [1.165, 1.54) is 19.1 Å². The second-order valence-electron chi connectivity index (χ2n) is 4.86. The Morgan fingerprint density at radius 1 is 1.50 bits per heavy atom. The molecule has 6 heteroatoms. The summed E-state index contributed by atoms with van der Waals surface area (Å²) in [6.07, 6.45) is 0.850. The minimum atomic E-state index is -3.57. The van der Waals surface area contributed by atoms with Crippen LogP contribution in [0.3, 0.4) is 0 Å². The lowest BCUT2D eigenvalue weighted by molar-refractivity contribution is 0.575. The summed E-state index contributed by atoms with van der Waals surface area (Å²) in [7, 11) is -3.57. The zero-order chi connectivity index (χ0) is 13.5. The van der Waals surface area contributed by atoms with Gasteiger partial charge in [0, 0.05) is 18.2 Å². The van der Waals surface area contributed by atoms with Crippen molar-refractivity contribution in [2.45, 2.75) is 37.8 Å². The first kappa shape index (κ1) is 13.5. The number of halogens is 1. The fraction of sp³-hybridized carbons (Fsp3) is 0.500. The van der Waals surface area contributed by atoms with Gasteiger partial charge in [0.1, 0.15) is 5.82 Å². The van der Waals surface area contributed by atoms with Gasteiger partial charge in [0.05, 0.1) is 4.90 Å². The quantitative estimate of drug-likeness (QED) is 0.867. The molecule has 0 aromatic heterocycles. The first-order valence-electron chi connectivity index (χ1n) is 5.86. The van der Waals surface area contributed by atoms with Crippen LogP contribution in [-0.4, -0.2) is 14.5 Å². The zero-order valence-electron chi connectivity index (χ0n) is 10.4. The van der Waals surface area contributed by atoms with E-state index in [1.807, 2.05) is 6.92 Å². The molecule has 0 spiro atoms. The third-order valence-electron chi connectivity index (χ3n) is 3.25. The molecule has 2 unspecified atom stereocenters. The highest BCUT2D eigenvalue weighted by atomic mass is 32.2. The molecule has 1 aliphatic rings. The lowest BCUT2D eigenvalue weighted by Crippen LogP contribution is -2.27. The summed E-state index contributed by atoms with van der Waals surface area (Å²) in [4.78, 5) is 0.0842. The van der Waals surface area contributed by atoms with E-state index in [1.54, 1.807) is 0 Å². The minimum Gasteiger partial charge on any atom is -0.326 e. The molecule has 1 aliphatic carbocycles. The largest absolute Gasteiger partial charge is 0.326 e. The Balaban J connectivity index is 2.35. The summed E-state index contributed by atoms with van der Waals surface area (Å²) in [5.41, 5.74) is 5.93. The Morgan fingerprint density at radius 3 is 2.61 bits per heavy atom. The molecular weight excluding hydrogens is 255 g/mol. The van der Waals surface area contributed by atoms with E-state index in [9.17, 15) is 12.8 Å². The van der Waals surface area contributed by atoms with E-state index in [2.05, 4.69) is 4.72 Å². The Labute approximate surface area is 106 Å². The van der Waals surface area contributed by atoms with Crippen LogP contribution in [0.4, 0.5) is 4.39 Å². The average molecular weight is 272 g/mol. The lowest BCUT2D eigenvalue weighted by Gasteiger charge is -2.10. The summed E-state index contributed by atoms with van der Waals surface area (Å²) >= 11 is 0. The molecule has 2 rings (SSSR count). The fourth-order valence-electron chi connectivity index (χ4n) is 1.86. The number of hydrogen-bond donors (Lipinski definition) is 2. The van der Waals surface area contributed by atoms with Crippen molar-refractivity contribution in [3.05, 3.63) is 29.1 Å². The molecule has 0 aliphatic heterocycles. The molecule has 18 heavy (non-hydrogen) atoms. The SMILES string of the molecule is Cc1cc(S(=O)(=O)NC2CC2C)cc(CN)c1F. The van der Waals surface area contributed by atoms with Crippen molar-refractivity contribution in [3.8, 4) is 0 Å². The highest BCUT2D eigenvalue weighted by molar-refractivity contribution is 7.89. The van der Waals surface area contributed by atoms with E-state index in [0.717, 1.165) is 6.42 Å². The summed E-state index contributed by atoms with van der Waals surface area (Å²) in [6.45, 7) is 3.50. The molecule has 1 saturated carbocycles. The van der Waals surface area contributed by atoms with Gasteiger partial charge in [-0.3, -0.25) is 0 Å². The zero-order valence-corrected chi connectivity index (χ0v) is 11.2. The lowest BCUT2D eigenvalue weighted by atomic mass is 10.1. The second-order valence-corrected chi connectivity index (χ2v) is 6.57. The average Bonchev–Trinajstić information content (AvgIpc) is 2.96. The Hall–Kier alpha value is -0.980. The van der Waals surface area contributed by atoms with Crippen molar-refractivity contribution in [2.75, 3.05) is 0 Å². The summed E-state index contributed by atoms with van der Waals surface area (Å²) in [5.74, 6) is -0.0634. The summed E-state index contributed by atoms with van der Waals surface area (Å²) in [5, 5.41) is 0. The molecule has 1 fully saturated rings. The van der Waals surface area contributed by atoms with Gasteiger partial charge in [-0.25, -0.2) is 17.5 Å². The van der Waals surface area contributed by atoms with Gasteiger partial charge < -0.3 is 5.73 Å². The predicted octanol–water partition coefficient (Wildman–Crippen LogP) is 1.28. The Morgan fingerprint density at radius 2 is 2.11 bits per heavy atom. The van der Waals surface area contributed by atoms with E-state index < -0.39 is 15.8 Å². The van der Waals surface area contributed by atoms with Crippen LogP contribution in [0.5, 0.6) is 0 Å². The standard InChI is InChI=1S/C12H17FN2O2S/c1-7-4-11(7)15-18(16,17)10-3-8(2)12(13)9(5-10)6-14/h3,5,7,11,15H,4,6,14H2,1-2H3. The van der Waals surface area contributed by atoms with Gasteiger partial charge in [0.25, 0.3) is 0 Å². The molecule has 0 saturated heterocycles. The van der Waals surface area contributed by atoms with Gasteiger partial charge >= 0.3 is 0 Å². The second kappa shape index (κ2) is 4.60. The third-order valence-corrected chi connectivity index (χ3v) is 4.72. The molecule has 0 heterocycles. The number of hydrogen-bond acceptors (Lipinski definition) is 3. The first-order valence-corrected chi connectivity index (χ1v) is 7.35. The Kier molecular flexibility index (Phi) is 3.44. The number of benzene rings is 1. The smallest absolute Gasteiger partial charge is 0.240 e. The van der Waals surface area contributed by atoms with E-state index in [4.69, 9.17) is 5.73 Å². The number of rotatable bonds is 4. The van der Waals surface area contributed by atoms with Gasteiger partial charge in [-0.2, -0.15) is 0 Å². The maximum atomic E-state index is 13.6. The molecule has 2 atom stereocenters. The summed E-state index contributed by atoms with van der Waals surface area (Å²) in [6, 6.07) is 2.64. The van der Waals surface area contributed by atoms with Crippen LogP contribution in [0.25, 0.3) is 0 Å². The van der Waals surface area contributed by atoms with Crippen LogP contribution >= 0.6 is 0 Å². The normalized spacial score (nSPS) is 23.1. The fourth-order valence-corrected chi connectivity index (χ4v) is 3.36. The molecule has 0 bridgehead atoms. The molecule has 4 nitrogen and oxygen atoms in total. The molecule has 0 radical (unpaired) electrons. The van der Waals surface area contributed by atoms with Crippen molar-refractivity contribution >= 4 is 10.0 Å². The molecule has 1 aromatic carbocycles. The van der Waals surface area contributed by atoms with Crippen molar-refractivity contribution in [1.82, 2.24) is 4.72 Å². The number of nitrogens with one attached hydrogen (secondary N) is 1. The first-order chi connectivity index (χ1) is 8.35. The van der Waals surface area contributed by atoms with Crippen molar-refractivity contribution in [2.24, 2.45) is 11.7 Å². The maximum absolute atomic E-state index is 13.6. The van der Waals surface area contributed by atoms with Crippen LogP contribution < -0.4 is 10.5 Å². The highest BCUT2D eigenvalue weighted by Gasteiger charge is 2.36. The predicted molar refractivity (Wildman–Crippen MR) is 66.9 cm³/mol. The number of nitrogens with two attached hydrogens (primary N) is 1. The van der Waals surface area contributed by atoms with Crippen molar-refractivity contribution in [1.29, 1.82) is 0 Å². The highest BCUT2D eigenvalue weighted by Crippen LogP contribution is 2.31. The van der Waals surface area contributed by atoms with Crippen LogP contribution in [0.15, 0.2) is 17.0 Å². The van der Waals surface area contributed by atoms with Crippen molar-refractivity contribution in [3.63, 3.8) is 0 Å². The van der Waals surface area contributed by atoms with E-state index in [0.29, 0.717) is 11.5 Å². The van der Waals surface area contributed by atoms with Gasteiger partial charge in [-0.05, 0) is 37.0 Å². The number of sulfonamides is 1. The monoisotopic (exact) mass is 272 g/mol. The van der Waals surface area contributed by atoms with Gasteiger partial charge in [0.2, 0.25) is 10.0 Å². The molecule has 100 valence electrons. The van der Waals surface area contributed by atoms with E-state index in [-0.39, 0.29) is 23.0 Å². The molecule has 3 N–H and O–H groups in total. The topological polar surface area (TPSA) is 72.2 Å². The van der Waals surface area contributed by atoms with Gasteiger partial charge in [0.15, 0.2) is 0 Å². The van der Waals surface area contributed by atoms with Crippen LogP contribution in [0.2, 0.25) is 0 Å². The van der Waals surface area contributed by atoms with Gasteiger partial charge in [-0.15, -0.1) is 0 Å². The molecular formula is C12H17FN2O2S. The summed E-state index contributed by atoms with van der Waals surface area (Å²) < 4.78 is 40.4. The molecule has 0 amide bonds. The molecule has 1 aromatic rings. The van der Waals surface area contributed by atoms with Crippen LogP contribution in [0.1, 0.15) is 24.5 Å². The third kappa shape index (κ3) is 2.55. The van der Waals surface area contributed by atoms with Crippen molar-refractivity contribution < 1.29 is 12.8 Å². The number of aryl methyl sites for hydroxylation is 1. The minimum absolute atomic E-state index is 0.00156. The van der Waals surface area contributed by atoms with Crippen LogP contribution in [0, 0.1) is 18.7 Å². The van der Waals surface area contributed by atoms with Crippen LogP contribution in [-0.2, 0) is 16.6 Å². The van der Waals surface area contributed by atoms with E-state index >= 15 is 0 Å².